The number of carbonyl (C=O) groups excluding carboxylic acids is 1. The number of anilines is 1. The van der Waals surface area contributed by atoms with Crippen LogP contribution in [0.25, 0.3) is 10.9 Å². The van der Waals surface area contributed by atoms with Crippen LogP contribution in [0.4, 0.5) is 10.1 Å². The molecule has 2 heterocycles. The second-order valence-electron chi connectivity index (χ2n) is 7.09. The standard InChI is InChI=1S/C21H20FN3O5S/c1-24(15-4-2-14(22)3-5-15)31(28,29)16-6-7-19-17(12-16)20(26)18(13-23-19)21(27)25-8-10-30-11-9-25/h2-7,12-13H,8-11H2,1H3,(H,23,26). The SMILES string of the molecule is CN(c1ccc(F)cc1)S(=O)(=O)c1ccc2[nH]cc(C(=O)N3CCOCC3)c(=O)c2c1. The molecule has 0 spiro atoms. The molecule has 1 saturated heterocycles. The van der Waals surface area contributed by atoms with Gasteiger partial charge in [0.2, 0.25) is 5.43 Å². The maximum Gasteiger partial charge on any atom is 0.264 e. The second kappa shape index (κ2) is 8.12. The highest BCUT2D eigenvalue weighted by atomic mass is 32.2. The van der Waals surface area contributed by atoms with Crippen molar-refractivity contribution < 1.29 is 22.3 Å². The number of fused-ring (bicyclic) bond motifs is 1. The molecule has 0 unspecified atom stereocenters. The smallest absolute Gasteiger partial charge is 0.264 e. The number of pyridine rings is 1. The van der Waals surface area contributed by atoms with Crippen molar-refractivity contribution in [3.63, 3.8) is 0 Å². The number of hydrogen-bond donors (Lipinski definition) is 1. The van der Waals surface area contributed by atoms with E-state index < -0.39 is 27.2 Å². The Bertz CT molecular complexity index is 1300. The summed E-state index contributed by atoms with van der Waals surface area (Å²) in [5.74, 6) is -0.910. The first-order valence-electron chi connectivity index (χ1n) is 9.56. The molecule has 2 aromatic carbocycles. The first kappa shape index (κ1) is 21.0. The first-order chi connectivity index (χ1) is 14.8. The van der Waals surface area contributed by atoms with Gasteiger partial charge < -0.3 is 14.6 Å². The molecule has 1 aliphatic rings. The summed E-state index contributed by atoms with van der Waals surface area (Å²) in [6.45, 7) is 1.56. The summed E-state index contributed by atoms with van der Waals surface area (Å²) in [5, 5.41) is 0.0905. The fourth-order valence-corrected chi connectivity index (χ4v) is 4.62. The lowest BCUT2D eigenvalue weighted by Gasteiger charge is -2.26. The number of nitrogens with zero attached hydrogens (tertiary/aromatic N) is 2. The Balaban J connectivity index is 1.74. The molecule has 31 heavy (non-hydrogen) atoms. The molecule has 162 valence electrons. The van der Waals surface area contributed by atoms with Gasteiger partial charge in [0.25, 0.3) is 15.9 Å². The minimum Gasteiger partial charge on any atom is -0.378 e. The van der Waals surface area contributed by atoms with Crippen molar-refractivity contribution in [2.24, 2.45) is 0 Å². The topological polar surface area (TPSA) is 99.8 Å². The van der Waals surface area contributed by atoms with Crippen LogP contribution in [0.5, 0.6) is 0 Å². The average Bonchev–Trinajstić information content (AvgIpc) is 2.79. The number of rotatable bonds is 4. The summed E-state index contributed by atoms with van der Waals surface area (Å²) in [4.78, 5) is 30.1. The zero-order valence-electron chi connectivity index (χ0n) is 16.7. The number of halogens is 1. The largest absolute Gasteiger partial charge is 0.378 e. The highest BCUT2D eigenvalue weighted by Gasteiger charge is 2.25. The number of H-pyrrole nitrogens is 1. The molecule has 1 amide bonds. The number of aromatic amines is 1. The van der Waals surface area contributed by atoms with Gasteiger partial charge in [-0.3, -0.25) is 13.9 Å². The van der Waals surface area contributed by atoms with Gasteiger partial charge >= 0.3 is 0 Å². The van der Waals surface area contributed by atoms with Crippen molar-refractivity contribution >= 4 is 32.5 Å². The fraction of sp³-hybridized carbons (Fsp3) is 0.238. The van der Waals surface area contributed by atoms with Gasteiger partial charge in [-0.25, -0.2) is 12.8 Å². The number of nitrogens with one attached hydrogen (secondary N) is 1. The van der Waals surface area contributed by atoms with Crippen molar-refractivity contribution in [1.82, 2.24) is 9.88 Å². The van der Waals surface area contributed by atoms with Gasteiger partial charge in [0.1, 0.15) is 11.4 Å². The van der Waals surface area contributed by atoms with E-state index >= 15 is 0 Å². The van der Waals surface area contributed by atoms with Crippen LogP contribution in [0.15, 0.2) is 58.4 Å². The normalized spacial score (nSPS) is 14.6. The number of morpholine rings is 1. The summed E-state index contributed by atoms with van der Waals surface area (Å²) in [7, 11) is -2.68. The van der Waals surface area contributed by atoms with Crippen LogP contribution in [0.1, 0.15) is 10.4 Å². The van der Waals surface area contributed by atoms with Gasteiger partial charge in [-0.15, -0.1) is 0 Å². The van der Waals surface area contributed by atoms with E-state index in [1.807, 2.05) is 0 Å². The van der Waals surface area contributed by atoms with Crippen LogP contribution in [0.2, 0.25) is 0 Å². The molecule has 1 aromatic heterocycles. The van der Waals surface area contributed by atoms with E-state index in [0.29, 0.717) is 31.8 Å². The fourth-order valence-electron chi connectivity index (χ4n) is 3.40. The molecule has 1 fully saturated rings. The Labute approximate surface area is 177 Å². The summed E-state index contributed by atoms with van der Waals surface area (Å²) in [5.41, 5.74) is 0.0705. The molecule has 1 N–H and O–H groups in total. The van der Waals surface area contributed by atoms with Gasteiger partial charge in [-0.2, -0.15) is 0 Å². The Morgan fingerprint density at radius 3 is 2.48 bits per heavy atom. The predicted octanol–water partition coefficient (Wildman–Crippen LogP) is 1.96. The molecular weight excluding hydrogens is 425 g/mol. The lowest BCUT2D eigenvalue weighted by Crippen LogP contribution is -2.42. The highest BCUT2D eigenvalue weighted by molar-refractivity contribution is 7.92. The minimum absolute atomic E-state index is 0.0594. The van der Waals surface area contributed by atoms with Crippen molar-refractivity contribution in [2.75, 3.05) is 37.7 Å². The number of sulfonamides is 1. The zero-order valence-corrected chi connectivity index (χ0v) is 17.5. The van der Waals surface area contributed by atoms with E-state index in [4.69, 9.17) is 4.74 Å². The molecule has 0 aliphatic carbocycles. The van der Waals surface area contributed by atoms with Crippen LogP contribution in [-0.2, 0) is 14.8 Å². The van der Waals surface area contributed by atoms with Gasteiger partial charge in [-0.1, -0.05) is 0 Å². The van der Waals surface area contributed by atoms with Gasteiger partial charge in [0, 0.05) is 37.2 Å². The molecule has 0 atom stereocenters. The minimum atomic E-state index is -4.02. The Hall–Kier alpha value is -3.24. The molecule has 0 bridgehead atoms. The number of ether oxygens (including phenoxy) is 1. The van der Waals surface area contributed by atoms with Crippen LogP contribution in [0.3, 0.4) is 0 Å². The molecular formula is C21H20FN3O5S. The highest BCUT2D eigenvalue weighted by Crippen LogP contribution is 2.24. The summed E-state index contributed by atoms with van der Waals surface area (Å²) in [6, 6.07) is 9.12. The molecule has 0 saturated carbocycles. The quantitative estimate of drug-likeness (QED) is 0.662. The maximum absolute atomic E-state index is 13.2. The Kier molecular flexibility index (Phi) is 5.50. The molecule has 4 rings (SSSR count). The third kappa shape index (κ3) is 3.91. The third-order valence-electron chi connectivity index (χ3n) is 5.23. The molecule has 0 radical (unpaired) electrons. The molecule has 3 aromatic rings. The lowest BCUT2D eigenvalue weighted by atomic mass is 10.1. The number of amides is 1. The van der Waals surface area contributed by atoms with E-state index in [9.17, 15) is 22.4 Å². The number of hydrogen-bond acceptors (Lipinski definition) is 5. The lowest BCUT2D eigenvalue weighted by molar-refractivity contribution is 0.0302. The number of carbonyl (C=O) groups is 1. The number of aromatic nitrogens is 1. The van der Waals surface area contributed by atoms with Crippen molar-refractivity contribution in [3.8, 4) is 0 Å². The van der Waals surface area contributed by atoms with Gasteiger partial charge in [0.15, 0.2) is 0 Å². The van der Waals surface area contributed by atoms with Crippen LogP contribution in [0, 0.1) is 5.82 Å². The monoisotopic (exact) mass is 445 g/mol. The average molecular weight is 445 g/mol. The van der Waals surface area contributed by atoms with E-state index in [0.717, 1.165) is 16.4 Å². The van der Waals surface area contributed by atoms with Gasteiger partial charge in [0.05, 0.1) is 23.8 Å². The van der Waals surface area contributed by atoms with Crippen LogP contribution < -0.4 is 9.73 Å². The van der Waals surface area contributed by atoms with Crippen molar-refractivity contribution in [1.29, 1.82) is 0 Å². The first-order valence-corrected chi connectivity index (χ1v) is 11.0. The van der Waals surface area contributed by atoms with E-state index in [2.05, 4.69) is 4.98 Å². The van der Waals surface area contributed by atoms with Gasteiger partial charge in [-0.05, 0) is 42.5 Å². The van der Waals surface area contributed by atoms with Crippen molar-refractivity contribution in [3.05, 3.63) is 70.3 Å². The summed E-state index contributed by atoms with van der Waals surface area (Å²) >= 11 is 0. The van der Waals surface area contributed by atoms with E-state index in [1.165, 1.54) is 48.5 Å². The molecule has 8 nitrogen and oxygen atoms in total. The summed E-state index contributed by atoms with van der Waals surface area (Å²) < 4.78 is 45.6. The number of benzene rings is 2. The van der Waals surface area contributed by atoms with Crippen LogP contribution >= 0.6 is 0 Å². The second-order valence-corrected chi connectivity index (χ2v) is 9.06. The zero-order chi connectivity index (χ0) is 22.2. The predicted molar refractivity (Wildman–Crippen MR) is 113 cm³/mol. The molecule has 10 heteroatoms. The summed E-state index contributed by atoms with van der Waals surface area (Å²) in [6.07, 6.45) is 1.35. The Morgan fingerprint density at radius 1 is 1.13 bits per heavy atom. The Morgan fingerprint density at radius 2 is 1.81 bits per heavy atom. The van der Waals surface area contributed by atoms with Crippen molar-refractivity contribution in [2.45, 2.75) is 4.90 Å². The third-order valence-corrected chi connectivity index (χ3v) is 7.01. The maximum atomic E-state index is 13.2. The molecule has 1 aliphatic heterocycles. The van der Waals surface area contributed by atoms with E-state index in [1.54, 1.807) is 0 Å². The van der Waals surface area contributed by atoms with Crippen LogP contribution in [-0.4, -0.2) is 57.6 Å². The van der Waals surface area contributed by atoms with E-state index in [-0.39, 0.29) is 21.5 Å².